The Bertz CT molecular complexity index is 813. The number of methoxy groups -OCH3 is 1. The zero-order valence-corrected chi connectivity index (χ0v) is 17.4. The first-order valence-electron chi connectivity index (χ1n) is 9.38. The smallest absolute Gasteiger partial charge is 0.353 e. The fraction of sp³-hybridized carbons (Fsp3) is 0.500. The molecule has 0 unspecified atom stereocenters. The highest BCUT2D eigenvalue weighted by molar-refractivity contribution is 5.76. The lowest BCUT2D eigenvalue weighted by molar-refractivity contribution is -0.383. The Morgan fingerprint density at radius 2 is 1.82 bits per heavy atom. The second kappa shape index (κ2) is 9.34. The number of hydrogen-bond acceptors (Lipinski definition) is 7. The summed E-state index contributed by atoms with van der Waals surface area (Å²) in [6.45, 7) is 11.6. The maximum atomic E-state index is 12.0. The van der Waals surface area contributed by atoms with Gasteiger partial charge in [0.2, 0.25) is 11.6 Å². The van der Waals surface area contributed by atoms with Crippen molar-refractivity contribution in [2.75, 3.05) is 30.4 Å². The Labute approximate surface area is 166 Å². The van der Waals surface area contributed by atoms with Crippen LogP contribution in [-0.4, -0.2) is 35.1 Å². The summed E-state index contributed by atoms with van der Waals surface area (Å²) in [6, 6.07) is 5.59. The van der Waals surface area contributed by atoms with E-state index in [0.717, 1.165) is 5.56 Å². The lowest BCUT2D eigenvalue weighted by Crippen LogP contribution is -2.32. The normalized spacial score (nSPS) is 11.0. The van der Waals surface area contributed by atoms with E-state index in [4.69, 9.17) is 4.74 Å². The van der Waals surface area contributed by atoms with Gasteiger partial charge in [-0.05, 0) is 36.5 Å². The van der Waals surface area contributed by atoms with E-state index >= 15 is 0 Å². The predicted octanol–water partition coefficient (Wildman–Crippen LogP) is 4.56. The average Bonchev–Trinajstić information content (AvgIpc) is 2.60. The summed E-state index contributed by atoms with van der Waals surface area (Å²) >= 11 is 0. The van der Waals surface area contributed by atoms with Gasteiger partial charge in [-0.1, -0.05) is 33.8 Å². The summed E-state index contributed by atoms with van der Waals surface area (Å²) in [4.78, 5) is 21.9. The van der Waals surface area contributed by atoms with Crippen LogP contribution >= 0.6 is 0 Å². The molecule has 1 heterocycles. The third-order valence-electron chi connectivity index (χ3n) is 4.06. The molecule has 1 aromatic carbocycles. The number of aromatic nitrogens is 2. The minimum atomic E-state index is -0.423. The van der Waals surface area contributed by atoms with Crippen molar-refractivity contribution in [3.05, 3.63) is 40.2 Å². The Balaban J connectivity index is 2.53. The molecule has 0 fully saturated rings. The van der Waals surface area contributed by atoms with E-state index in [1.165, 1.54) is 6.33 Å². The lowest BCUT2D eigenvalue weighted by atomic mass is 10.1. The highest BCUT2D eigenvalue weighted by Crippen LogP contribution is 2.36. The molecule has 1 N–H and O–H groups in total. The number of ether oxygens (including phenoxy) is 1. The van der Waals surface area contributed by atoms with Gasteiger partial charge in [-0.25, -0.2) is 9.97 Å². The van der Waals surface area contributed by atoms with Gasteiger partial charge in [0.25, 0.3) is 0 Å². The highest BCUT2D eigenvalue weighted by Gasteiger charge is 2.28. The average molecular weight is 387 g/mol. The summed E-state index contributed by atoms with van der Waals surface area (Å²) in [5, 5.41) is 15.0. The van der Waals surface area contributed by atoms with Gasteiger partial charge >= 0.3 is 5.69 Å². The number of hydrogen-bond donors (Lipinski definition) is 1. The Kier molecular flexibility index (Phi) is 7.14. The van der Waals surface area contributed by atoms with Gasteiger partial charge in [-0.3, -0.25) is 10.1 Å². The Hall–Kier alpha value is -2.90. The Morgan fingerprint density at radius 1 is 1.18 bits per heavy atom. The molecule has 2 rings (SSSR count). The molecule has 8 heteroatoms. The molecule has 0 saturated heterocycles. The van der Waals surface area contributed by atoms with Crippen molar-refractivity contribution in [3.8, 4) is 5.75 Å². The summed E-state index contributed by atoms with van der Waals surface area (Å²) in [6.07, 6.45) is 1.36. The third kappa shape index (κ3) is 5.31. The molecule has 8 nitrogen and oxygen atoms in total. The maximum absolute atomic E-state index is 12.0. The first-order valence-corrected chi connectivity index (χ1v) is 9.38. The SMILES string of the molecule is COc1ccc(C)cc1Nc1ncnc(N(CC(C)C)CC(C)C)c1[N+](=O)[O-]. The maximum Gasteiger partial charge on any atom is 0.353 e. The first-order chi connectivity index (χ1) is 13.2. The molecule has 0 saturated carbocycles. The molecule has 0 aliphatic heterocycles. The number of nitrogens with zero attached hydrogens (tertiary/aromatic N) is 4. The fourth-order valence-corrected chi connectivity index (χ4v) is 3.04. The number of anilines is 3. The Morgan fingerprint density at radius 3 is 2.36 bits per heavy atom. The van der Waals surface area contributed by atoms with Crippen LogP contribution in [0.1, 0.15) is 33.3 Å². The van der Waals surface area contributed by atoms with Crippen molar-refractivity contribution >= 4 is 23.0 Å². The minimum absolute atomic E-state index is 0.132. The third-order valence-corrected chi connectivity index (χ3v) is 4.06. The molecule has 2 aromatic rings. The molecular formula is C20H29N5O3. The molecule has 0 atom stereocenters. The summed E-state index contributed by atoms with van der Waals surface area (Å²) in [7, 11) is 1.56. The number of benzene rings is 1. The molecule has 0 aliphatic carbocycles. The molecule has 0 spiro atoms. The molecule has 0 radical (unpaired) electrons. The van der Waals surface area contributed by atoms with E-state index < -0.39 is 4.92 Å². The molecule has 0 aliphatic rings. The van der Waals surface area contributed by atoms with E-state index in [9.17, 15) is 10.1 Å². The predicted molar refractivity (Wildman–Crippen MR) is 112 cm³/mol. The number of aryl methyl sites for hydroxylation is 1. The van der Waals surface area contributed by atoms with Gasteiger partial charge in [0.15, 0.2) is 0 Å². The topological polar surface area (TPSA) is 93.4 Å². The van der Waals surface area contributed by atoms with E-state index in [2.05, 4.69) is 43.0 Å². The molecular weight excluding hydrogens is 358 g/mol. The van der Waals surface area contributed by atoms with E-state index in [0.29, 0.717) is 42.2 Å². The van der Waals surface area contributed by atoms with Gasteiger partial charge in [0.1, 0.15) is 12.1 Å². The second-order valence-corrected chi connectivity index (χ2v) is 7.67. The van der Waals surface area contributed by atoms with Crippen LogP contribution in [0.15, 0.2) is 24.5 Å². The molecule has 1 aromatic heterocycles. The van der Waals surface area contributed by atoms with Crippen molar-refractivity contribution in [1.29, 1.82) is 0 Å². The van der Waals surface area contributed by atoms with Crippen LogP contribution < -0.4 is 15.0 Å². The summed E-state index contributed by atoms with van der Waals surface area (Å²) in [5.74, 6) is 1.73. The van der Waals surface area contributed by atoms with Crippen molar-refractivity contribution in [1.82, 2.24) is 9.97 Å². The molecule has 0 amide bonds. The van der Waals surface area contributed by atoms with Crippen LogP contribution in [0.5, 0.6) is 5.75 Å². The van der Waals surface area contributed by atoms with Crippen LogP contribution in [0, 0.1) is 28.9 Å². The fourth-order valence-electron chi connectivity index (χ4n) is 3.04. The number of nitrogens with one attached hydrogen (secondary N) is 1. The monoisotopic (exact) mass is 387 g/mol. The van der Waals surface area contributed by atoms with Gasteiger partial charge in [-0.15, -0.1) is 0 Å². The lowest BCUT2D eigenvalue weighted by Gasteiger charge is -2.27. The summed E-state index contributed by atoms with van der Waals surface area (Å²) < 4.78 is 5.37. The first kappa shape index (κ1) is 21.4. The number of nitro groups is 1. The van der Waals surface area contributed by atoms with Crippen LogP contribution in [0.25, 0.3) is 0 Å². The standard InChI is InChI=1S/C20H29N5O3/c1-13(2)10-24(11-14(3)4)20-18(25(26)27)19(21-12-22-20)23-16-9-15(5)7-8-17(16)28-6/h7-9,12-14H,10-11H2,1-6H3,(H,21,22,23). The van der Waals surface area contributed by atoms with Gasteiger partial charge in [0.05, 0.1) is 17.7 Å². The summed E-state index contributed by atoms with van der Waals surface area (Å²) in [5.41, 5.74) is 1.49. The van der Waals surface area contributed by atoms with E-state index in [1.807, 2.05) is 30.0 Å². The number of rotatable bonds is 9. The van der Waals surface area contributed by atoms with Crippen LogP contribution in [0.2, 0.25) is 0 Å². The largest absolute Gasteiger partial charge is 0.495 e. The zero-order valence-electron chi connectivity index (χ0n) is 17.4. The highest BCUT2D eigenvalue weighted by atomic mass is 16.6. The quantitative estimate of drug-likeness (QED) is 0.498. The van der Waals surface area contributed by atoms with Crippen molar-refractivity contribution in [3.63, 3.8) is 0 Å². The van der Waals surface area contributed by atoms with Gasteiger partial charge in [-0.2, -0.15) is 0 Å². The zero-order chi connectivity index (χ0) is 20.8. The van der Waals surface area contributed by atoms with Gasteiger partial charge < -0.3 is 15.0 Å². The van der Waals surface area contributed by atoms with Crippen molar-refractivity contribution in [2.24, 2.45) is 11.8 Å². The minimum Gasteiger partial charge on any atom is -0.495 e. The second-order valence-electron chi connectivity index (χ2n) is 7.67. The molecule has 0 bridgehead atoms. The van der Waals surface area contributed by atoms with E-state index in [1.54, 1.807) is 7.11 Å². The van der Waals surface area contributed by atoms with Gasteiger partial charge in [0, 0.05) is 13.1 Å². The van der Waals surface area contributed by atoms with Crippen LogP contribution in [-0.2, 0) is 0 Å². The van der Waals surface area contributed by atoms with E-state index in [-0.39, 0.29) is 11.5 Å². The van der Waals surface area contributed by atoms with Crippen molar-refractivity contribution in [2.45, 2.75) is 34.6 Å². The molecule has 152 valence electrons. The van der Waals surface area contributed by atoms with Crippen LogP contribution in [0.3, 0.4) is 0 Å². The van der Waals surface area contributed by atoms with Crippen LogP contribution in [0.4, 0.5) is 23.0 Å². The van der Waals surface area contributed by atoms with Crippen molar-refractivity contribution < 1.29 is 9.66 Å². The molecule has 28 heavy (non-hydrogen) atoms.